The molecule has 0 saturated heterocycles. The summed E-state index contributed by atoms with van der Waals surface area (Å²) in [7, 11) is 0. The minimum Gasteiger partial charge on any atom is -0.481 e. The predicted octanol–water partition coefficient (Wildman–Crippen LogP) is -0.230. The summed E-state index contributed by atoms with van der Waals surface area (Å²) in [4.78, 5) is 19.3. The van der Waals surface area contributed by atoms with Crippen molar-refractivity contribution in [3.63, 3.8) is 0 Å². The highest BCUT2D eigenvalue weighted by molar-refractivity contribution is 9.09. The van der Waals surface area contributed by atoms with Crippen molar-refractivity contribution in [3.8, 4) is 0 Å². The molecule has 7 heteroatoms. The zero-order chi connectivity index (χ0) is 11.4. The Balaban J connectivity index is 4.15. The molecule has 0 aromatic rings. The largest absolute Gasteiger partial charge is 0.481 e. The number of aliphatic carboxylic acids is 2. The Morgan fingerprint density at radius 1 is 1.21 bits per heavy atom. The Hall–Kier alpha value is -0.660. The van der Waals surface area contributed by atoms with E-state index in [4.69, 9.17) is 10.2 Å². The number of alkyl halides is 1. The summed E-state index contributed by atoms with van der Waals surface area (Å²) >= 11 is 2.78. The number of rotatable bonds is 6. The lowest BCUT2D eigenvalue weighted by Crippen LogP contribution is -2.40. The van der Waals surface area contributed by atoms with Crippen LogP contribution in [0.5, 0.6) is 0 Å². The minimum atomic E-state index is -2.32. The van der Waals surface area contributed by atoms with Gasteiger partial charge in [0.2, 0.25) is 0 Å². The van der Waals surface area contributed by atoms with Crippen molar-refractivity contribution in [2.45, 2.75) is 29.9 Å². The summed E-state index contributed by atoms with van der Waals surface area (Å²) < 4.78 is 0. The van der Waals surface area contributed by atoms with Crippen LogP contribution in [0.3, 0.4) is 0 Å². The second-order valence-electron chi connectivity index (χ2n) is 2.84. The second kappa shape index (κ2) is 5.28. The number of aliphatic hydroxyl groups is 2. The van der Waals surface area contributed by atoms with Crippen molar-refractivity contribution in [3.05, 3.63) is 0 Å². The van der Waals surface area contributed by atoms with Crippen molar-refractivity contribution in [1.29, 1.82) is 0 Å². The van der Waals surface area contributed by atoms with Crippen LogP contribution in [0.4, 0.5) is 0 Å². The van der Waals surface area contributed by atoms with Crippen molar-refractivity contribution in [1.82, 2.24) is 0 Å². The van der Waals surface area contributed by atoms with Gasteiger partial charge in [-0.25, -0.2) is 0 Å². The van der Waals surface area contributed by atoms with Crippen LogP contribution >= 0.6 is 15.9 Å². The Bertz CT molecular complexity index is 226. The molecule has 0 saturated carbocycles. The summed E-state index contributed by atoms with van der Waals surface area (Å²) in [5, 5.41) is 35.2. The maximum Gasteiger partial charge on any atom is 0.304 e. The fourth-order valence-electron chi connectivity index (χ4n) is 0.764. The van der Waals surface area contributed by atoms with Gasteiger partial charge >= 0.3 is 11.9 Å². The molecule has 0 aliphatic heterocycles. The third kappa shape index (κ3) is 5.15. The Morgan fingerprint density at radius 3 is 2.07 bits per heavy atom. The predicted molar refractivity (Wildman–Crippen MR) is 49.0 cm³/mol. The molecule has 0 fully saturated rings. The highest BCUT2D eigenvalue weighted by Crippen LogP contribution is 2.23. The van der Waals surface area contributed by atoms with Gasteiger partial charge in [-0.3, -0.25) is 9.59 Å². The molecule has 6 nitrogen and oxygen atoms in total. The van der Waals surface area contributed by atoms with Crippen molar-refractivity contribution in [2.24, 2.45) is 0 Å². The number of carboxylic acids is 2. The first kappa shape index (κ1) is 13.3. The van der Waals surface area contributed by atoms with Gasteiger partial charge in [0.1, 0.15) is 0 Å². The topological polar surface area (TPSA) is 115 Å². The minimum absolute atomic E-state index is 0.425. The van der Waals surface area contributed by atoms with Crippen LogP contribution in [-0.4, -0.2) is 43.0 Å². The van der Waals surface area contributed by atoms with Crippen LogP contribution in [0.1, 0.15) is 19.3 Å². The third-order valence-corrected chi connectivity index (χ3v) is 2.62. The Morgan fingerprint density at radius 2 is 1.71 bits per heavy atom. The van der Waals surface area contributed by atoms with Gasteiger partial charge in [-0.2, -0.15) is 0 Å². The molecule has 14 heavy (non-hydrogen) atoms. The molecule has 1 unspecified atom stereocenters. The van der Waals surface area contributed by atoms with E-state index < -0.39 is 41.8 Å². The molecule has 82 valence electrons. The van der Waals surface area contributed by atoms with Gasteiger partial charge in [-0.05, 0) is 0 Å². The van der Waals surface area contributed by atoms with E-state index >= 15 is 0 Å². The average Bonchev–Trinajstić information content (AvgIpc) is 1.99. The molecule has 0 aliphatic rings. The van der Waals surface area contributed by atoms with E-state index in [1.165, 1.54) is 0 Å². The summed E-state index contributed by atoms with van der Waals surface area (Å²) in [5.41, 5.74) is 0. The highest BCUT2D eigenvalue weighted by Gasteiger charge is 2.34. The molecule has 0 aliphatic carbocycles. The van der Waals surface area contributed by atoms with Gasteiger partial charge in [-0.1, -0.05) is 15.9 Å². The van der Waals surface area contributed by atoms with E-state index in [0.29, 0.717) is 0 Å². The number of carbonyl (C=O) groups is 2. The fraction of sp³-hybridized carbons (Fsp3) is 0.714. The van der Waals surface area contributed by atoms with Crippen LogP contribution in [0.2, 0.25) is 0 Å². The molecule has 0 radical (unpaired) electrons. The van der Waals surface area contributed by atoms with E-state index in [9.17, 15) is 19.8 Å². The number of halogens is 1. The van der Waals surface area contributed by atoms with Crippen LogP contribution < -0.4 is 0 Å². The van der Waals surface area contributed by atoms with Gasteiger partial charge in [0.15, 0.2) is 5.79 Å². The van der Waals surface area contributed by atoms with Crippen molar-refractivity contribution in [2.75, 3.05) is 0 Å². The first-order chi connectivity index (χ1) is 6.25. The summed E-state index contributed by atoms with van der Waals surface area (Å²) in [6.45, 7) is 0. The zero-order valence-corrected chi connectivity index (χ0v) is 8.77. The summed E-state index contributed by atoms with van der Waals surface area (Å²) in [6, 6.07) is 0. The van der Waals surface area contributed by atoms with Crippen LogP contribution in [0.15, 0.2) is 0 Å². The molecule has 4 N–H and O–H groups in total. The highest BCUT2D eigenvalue weighted by atomic mass is 79.9. The van der Waals surface area contributed by atoms with Crippen LogP contribution in [-0.2, 0) is 9.59 Å². The van der Waals surface area contributed by atoms with Gasteiger partial charge in [0, 0.05) is 6.42 Å². The number of carboxylic acid groups (broad SMARTS) is 2. The number of hydrogen-bond donors (Lipinski definition) is 4. The molecule has 0 amide bonds. The maximum atomic E-state index is 10.2. The van der Waals surface area contributed by atoms with Crippen molar-refractivity contribution >= 4 is 27.9 Å². The smallest absolute Gasteiger partial charge is 0.304 e. The monoisotopic (exact) mass is 270 g/mol. The first-order valence-corrected chi connectivity index (χ1v) is 4.69. The van der Waals surface area contributed by atoms with Gasteiger partial charge < -0.3 is 20.4 Å². The molecule has 1 atom stereocenters. The maximum absolute atomic E-state index is 10.2. The van der Waals surface area contributed by atoms with Crippen LogP contribution in [0, 0.1) is 0 Å². The molecule has 0 spiro atoms. The lowest BCUT2D eigenvalue weighted by molar-refractivity contribution is -0.174. The SMILES string of the molecule is O=C(O)CCC(O)(O)C(Br)CC(=O)O. The Labute approximate surface area is 88.3 Å². The van der Waals surface area contributed by atoms with E-state index in [0.717, 1.165) is 0 Å². The lowest BCUT2D eigenvalue weighted by Gasteiger charge is -2.25. The molecular formula is C7H11BrO6. The summed E-state index contributed by atoms with van der Waals surface area (Å²) in [5.74, 6) is -4.70. The van der Waals surface area contributed by atoms with Crippen LogP contribution in [0.25, 0.3) is 0 Å². The zero-order valence-electron chi connectivity index (χ0n) is 7.18. The van der Waals surface area contributed by atoms with Crippen molar-refractivity contribution < 1.29 is 30.0 Å². The average molecular weight is 271 g/mol. The molecule has 0 rings (SSSR count). The molecule has 0 aromatic heterocycles. The van der Waals surface area contributed by atoms with Gasteiger partial charge in [-0.15, -0.1) is 0 Å². The first-order valence-electron chi connectivity index (χ1n) is 3.78. The van der Waals surface area contributed by atoms with E-state index in [-0.39, 0.29) is 0 Å². The van der Waals surface area contributed by atoms with E-state index in [1.54, 1.807) is 0 Å². The number of hydrogen-bond acceptors (Lipinski definition) is 4. The third-order valence-electron chi connectivity index (χ3n) is 1.56. The van der Waals surface area contributed by atoms with E-state index in [2.05, 4.69) is 15.9 Å². The second-order valence-corrected chi connectivity index (χ2v) is 3.94. The quantitative estimate of drug-likeness (QED) is 0.392. The molecule has 0 aromatic carbocycles. The Kier molecular flexibility index (Phi) is 5.03. The molecular weight excluding hydrogens is 260 g/mol. The van der Waals surface area contributed by atoms with Gasteiger partial charge in [0.05, 0.1) is 17.7 Å². The van der Waals surface area contributed by atoms with Gasteiger partial charge in [0.25, 0.3) is 0 Å². The van der Waals surface area contributed by atoms with E-state index in [1.807, 2.05) is 0 Å². The fourth-order valence-corrected chi connectivity index (χ4v) is 1.27. The molecule has 0 heterocycles. The lowest BCUT2D eigenvalue weighted by atomic mass is 10.0. The molecule has 0 bridgehead atoms. The normalized spacial score (nSPS) is 13.6. The standard InChI is InChI=1S/C7H11BrO6/c8-4(3-6(11)12)7(13,14)2-1-5(9)10/h4,13-14H,1-3H2,(H,9,10)(H,11,12). The summed E-state index contributed by atoms with van der Waals surface area (Å²) in [6.07, 6.45) is -1.35.